The highest BCUT2D eigenvalue weighted by atomic mass is 32.1. The summed E-state index contributed by atoms with van der Waals surface area (Å²) in [6, 6.07) is 13.6. The molecule has 3 aromatic heterocycles. The van der Waals surface area contributed by atoms with Gasteiger partial charge in [-0.15, -0.1) is 16.4 Å². The number of furan rings is 1. The summed E-state index contributed by atoms with van der Waals surface area (Å²) < 4.78 is 6.87. The fourth-order valence-corrected chi connectivity index (χ4v) is 4.11. The Labute approximate surface area is 181 Å². The number of nitro benzene ring substituents is 1. The standard InChI is InChI=1S/C21H19N5O4S/c1-14-8-9-19(31-14)13-24(12-18-7-4-10-30-18)21(27)20-15(2)25(23-22-20)16-5-3-6-17(11-16)26(28)29/h3-11H,12-13H2,1-2H3. The largest absolute Gasteiger partial charge is 0.467 e. The highest BCUT2D eigenvalue weighted by Gasteiger charge is 2.25. The number of non-ortho nitro benzene ring substituents is 1. The predicted molar refractivity (Wildman–Crippen MR) is 114 cm³/mol. The minimum atomic E-state index is -0.476. The van der Waals surface area contributed by atoms with Gasteiger partial charge in [0.1, 0.15) is 5.76 Å². The van der Waals surface area contributed by atoms with Crippen LogP contribution < -0.4 is 0 Å². The van der Waals surface area contributed by atoms with Gasteiger partial charge in [0.2, 0.25) is 0 Å². The van der Waals surface area contributed by atoms with Gasteiger partial charge in [-0.05, 0) is 44.2 Å². The van der Waals surface area contributed by atoms with Crippen LogP contribution in [-0.4, -0.2) is 30.7 Å². The average molecular weight is 437 g/mol. The van der Waals surface area contributed by atoms with Crippen LogP contribution >= 0.6 is 11.3 Å². The first-order chi connectivity index (χ1) is 14.9. The summed E-state index contributed by atoms with van der Waals surface area (Å²) in [6.07, 6.45) is 1.57. The Hall–Kier alpha value is -3.79. The van der Waals surface area contributed by atoms with Crippen LogP contribution in [0.25, 0.3) is 5.69 Å². The van der Waals surface area contributed by atoms with E-state index in [1.807, 2.05) is 25.1 Å². The molecule has 0 aliphatic carbocycles. The van der Waals surface area contributed by atoms with E-state index >= 15 is 0 Å². The van der Waals surface area contributed by atoms with Crippen LogP contribution in [0.2, 0.25) is 0 Å². The van der Waals surface area contributed by atoms with E-state index < -0.39 is 4.92 Å². The predicted octanol–water partition coefficient (Wildman–Crippen LogP) is 4.29. The van der Waals surface area contributed by atoms with E-state index in [0.717, 1.165) is 9.75 Å². The molecule has 0 aliphatic heterocycles. The Kier molecular flexibility index (Phi) is 5.63. The molecule has 3 heterocycles. The van der Waals surface area contributed by atoms with Crippen molar-refractivity contribution in [3.05, 3.63) is 91.8 Å². The summed E-state index contributed by atoms with van der Waals surface area (Å²) in [5.41, 5.74) is 1.08. The fraction of sp³-hybridized carbons (Fsp3) is 0.190. The molecule has 0 N–H and O–H groups in total. The molecule has 0 fully saturated rings. The van der Waals surface area contributed by atoms with Gasteiger partial charge in [0.05, 0.1) is 35.7 Å². The normalized spacial score (nSPS) is 10.9. The van der Waals surface area contributed by atoms with Crippen molar-refractivity contribution in [1.82, 2.24) is 19.9 Å². The Bertz CT molecular complexity index is 1230. The van der Waals surface area contributed by atoms with Crippen molar-refractivity contribution in [3.8, 4) is 5.69 Å². The Morgan fingerprint density at radius 3 is 2.71 bits per heavy atom. The van der Waals surface area contributed by atoms with Crippen molar-refractivity contribution < 1.29 is 14.1 Å². The molecule has 0 aliphatic rings. The third-order valence-corrected chi connectivity index (χ3v) is 5.72. The molecular formula is C21H19N5O4S. The van der Waals surface area contributed by atoms with E-state index in [1.54, 1.807) is 47.6 Å². The Morgan fingerprint density at radius 1 is 1.19 bits per heavy atom. The summed E-state index contributed by atoms with van der Waals surface area (Å²) in [4.78, 5) is 27.9. The van der Waals surface area contributed by atoms with Crippen LogP contribution in [0.4, 0.5) is 5.69 Å². The molecule has 1 amide bonds. The molecule has 158 valence electrons. The van der Waals surface area contributed by atoms with E-state index in [-0.39, 0.29) is 23.8 Å². The second-order valence-corrected chi connectivity index (χ2v) is 8.34. The van der Waals surface area contributed by atoms with Gasteiger partial charge in [-0.3, -0.25) is 14.9 Å². The summed E-state index contributed by atoms with van der Waals surface area (Å²) in [7, 11) is 0. The molecule has 0 saturated carbocycles. The molecule has 10 heteroatoms. The third kappa shape index (κ3) is 4.38. The van der Waals surface area contributed by atoms with Gasteiger partial charge in [-0.1, -0.05) is 11.3 Å². The van der Waals surface area contributed by atoms with E-state index in [0.29, 0.717) is 23.7 Å². The molecule has 0 saturated heterocycles. The number of amides is 1. The molecule has 4 aromatic rings. The quantitative estimate of drug-likeness (QED) is 0.315. The number of thiophene rings is 1. The molecular weight excluding hydrogens is 418 g/mol. The molecule has 4 rings (SSSR count). The zero-order valence-corrected chi connectivity index (χ0v) is 17.7. The van der Waals surface area contributed by atoms with Gasteiger partial charge in [0.25, 0.3) is 11.6 Å². The molecule has 0 radical (unpaired) electrons. The molecule has 0 unspecified atom stereocenters. The topological polar surface area (TPSA) is 107 Å². The molecule has 1 aromatic carbocycles. The first kappa shape index (κ1) is 20.5. The average Bonchev–Trinajstić information content (AvgIpc) is 3.49. The smallest absolute Gasteiger partial charge is 0.277 e. The van der Waals surface area contributed by atoms with Gasteiger partial charge in [-0.2, -0.15) is 0 Å². The number of rotatable bonds is 7. The number of nitro groups is 1. The van der Waals surface area contributed by atoms with E-state index in [9.17, 15) is 14.9 Å². The van der Waals surface area contributed by atoms with Gasteiger partial charge in [0.15, 0.2) is 5.69 Å². The number of carbonyl (C=O) groups excluding carboxylic acids is 1. The van der Waals surface area contributed by atoms with Gasteiger partial charge < -0.3 is 9.32 Å². The minimum absolute atomic E-state index is 0.0622. The van der Waals surface area contributed by atoms with Crippen LogP contribution in [0.5, 0.6) is 0 Å². The van der Waals surface area contributed by atoms with E-state index in [4.69, 9.17) is 4.42 Å². The van der Waals surface area contributed by atoms with Crippen LogP contribution in [-0.2, 0) is 13.1 Å². The zero-order valence-electron chi connectivity index (χ0n) is 16.9. The second kappa shape index (κ2) is 8.52. The maximum absolute atomic E-state index is 13.4. The van der Waals surface area contributed by atoms with E-state index in [2.05, 4.69) is 10.3 Å². The minimum Gasteiger partial charge on any atom is -0.467 e. The summed E-state index contributed by atoms with van der Waals surface area (Å²) in [6.45, 7) is 4.42. The van der Waals surface area contributed by atoms with Crippen molar-refractivity contribution in [2.24, 2.45) is 0 Å². The Balaban J connectivity index is 1.65. The highest BCUT2D eigenvalue weighted by Crippen LogP contribution is 2.22. The third-order valence-electron chi connectivity index (χ3n) is 4.74. The number of aromatic nitrogens is 3. The van der Waals surface area contributed by atoms with Crippen molar-refractivity contribution in [3.63, 3.8) is 0 Å². The number of benzene rings is 1. The van der Waals surface area contributed by atoms with Crippen LogP contribution in [0.15, 0.2) is 59.2 Å². The second-order valence-electron chi connectivity index (χ2n) is 6.97. The number of aryl methyl sites for hydroxylation is 1. The van der Waals surface area contributed by atoms with Crippen LogP contribution in [0.1, 0.15) is 31.7 Å². The number of carbonyl (C=O) groups is 1. The SMILES string of the molecule is Cc1ccc(CN(Cc2ccco2)C(=O)c2nnn(-c3cccc([N+](=O)[O-])c3)c2C)s1. The van der Waals surface area contributed by atoms with Crippen molar-refractivity contribution in [2.45, 2.75) is 26.9 Å². The van der Waals surface area contributed by atoms with Crippen LogP contribution in [0, 0.1) is 24.0 Å². The summed E-state index contributed by atoms with van der Waals surface area (Å²) in [5, 5.41) is 19.3. The Morgan fingerprint density at radius 2 is 2.03 bits per heavy atom. The van der Waals surface area contributed by atoms with Crippen molar-refractivity contribution in [2.75, 3.05) is 0 Å². The fourth-order valence-electron chi connectivity index (χ4n) is 3.21. The first-order valence-corrected chi connectivity index (χ1v) is 10.3. The lowest BCUT2D eigenvalue weighted by atomic mass is 10.2. The zero-order chi connectivity index (χ0) is 22.0. The number of hydrogen-bond donors (Lipinski definition) is 0. The molecule has 9 nitrogen and oxygen atoms in total. The van der Waals surface area contributed by atoms with Gasteiger partial charge in [0, 0.05) is 21.9 Å². The maximum Gasteiger partial charge on any atom is 0.277 e. The maximum atomic E-state index is 13.4. The van der Waals surface area contributed by atoms with Crippen molar-refractivity contribution >= 4 is 22.9 Å². The van der Waals surface area contributed by atoms with Gasteiger partial charge >= 0.3 is 0 Å². The lowest BCUT2D eigenvalue weighted by Crippen LogP contribution is -2.30. The molecule has 31 heavy (non-hydrogen) atoms. The summed E-state index contributed by atoms with van der Waals surface area (Å²) >= 11 is 1.62. The molecule has 0 bridgehead atoms. The van der Waals surface area contributed by atoms with Gasteiger partial charge in [-0.25, -0.2) is 4.68 Å². The lowest BCUT2D eigenvalue weighted by Gasteiger charge is -2.20. The number of hydrogen-bond acceptors (Lipinski definition) is 7. The molecule has 0 atom stereocenters. The number of nitrogens with zero attached hydrogens (tertiary/aromatic N) is 5. The summed E-state index contributed by atoms with van der Waals surface area (Å²) in [5.74, 6) is 0.363. The lowest BCUT2D eigenvalue weighted by molar-refractivity contribution is -0.384. The monoisotopic (exact) mass is 437 g/mol. The molecule has 0 spiro atoms. The highest BCUT2D eigenvalue weighted by molar-refractivity contribution is 7.11. The van der Waals surface area contributed by atoms with E-state index in [1.165, 1.54) is 16.8 Å². The first-order valence-electron chi connectivity index (χ1n) is 9.46. The van der Waals surface area contributed by atoms with Crippen molar-refractivity contribution in [1.29, 1.82) is 0 Å². The van der Waals surface area contributed by atoms with Crippen LogP contribution in [0.3, 0.4) is 0 Å².